The molecule has 140 valence electrons. The Morgan fingerprint density at radius 2 is 1.92 bits per heavy atom. The number of aliphatic hydroxyl groups excluding tert-OH is 1. The number of carbonyl (C=O) groups is 2. The third kappa shape index (κ3) is 3.12. The number of benzene rings is 1. The molecule has 2 aliphatic heterocycles. The minimum Gasteiger partial charge on any atom is -0.372 e. The number of urea groups is 1. The molecular formula is C18H25N5O3. The van der Waals surface area contributed by atoms with Gasteiger partial charge in [-0.3, -0.25) is 9.69 Å². The summed E-state index contributed by atoms with van der Waals surface area (Å²) in [5.74, 6) is 0.00208. The van der Waals surface area contributed by atoms with Crippen LogP contribution in [0, 0.1) is 0 Å². The number of hydrogen-bond acceptors (Lipinski definition) is 6. The Balaban J connectivity index is 1.71. The zero-order chi connectivity index (χ0) is 19.0. The van der Waals surface area contributed by atoms with E-state index in [1.165, 1.54) is 18.3 Å². The molecule has 3 rings (SSSR count). The van der Waals surface area contributed by atoms with Crippen molar-refractivity contribution in [2.45, 2.75) is 38.2 Å². The summed E-state index contributed by atoms with van der Waals surface area (Å²) in [6, 6.07) is 6.83. The molecule has 0 bridgehead atoms. The molecule has 1 saturated heterocycles. The van der Waals surface area contributed by atoms with Crippen molar-refractivity contribution in [3.05, 3.63) is 29.8 Å². The number of fused-ring (bicyclic) bond motifs is 1. The quantitative estimate of drug-likeness (QED) is 0.769. The second kappa shape index (κ2) is 6.95. The van der Waals surface area contributed by atoms with E-state index in [0.29, 0.717) is 5.92 Å². The van der Waals surface area contributed by atoms with Crippen LogP contribution in [0.3, 0.4) is 0 Å². The lowest BCUT2D eigenvalue weighted by atomic mass is 10.0. The maximum atomic E-state index is 12.5. The molecule has 26 heavy (non-hydrogen) atoms. The minimum atomic E-state index is -0.888. The van der Waals surface area contributed by atoms with Crippen LogP contribution < -0.4 is 5.32 Å². The number of amides is 3. The normalized spacial score (nSPS) is 23.7. The van der Waals surface area contributed by atoms with Crippen LogP contribution in [0.5, 0.6) is 0 Å². The van der Waals surface area contributed by atoms with Crippen LogP contribution in [-0.2, 0) is 4.79 Å². The van der Waals surface area contributed by atoms with E-state index in [1.807, 2.05) is 24.3 Å². The standard InChI is InChI=1S/C18H25N5O3/c1-11(2)12-7-5-6-8-13(12)20-14(24)9-23-10-19-16-15(23)17(25)22(4)18(26)21(16)3/h5-8,10-11,14-16,20,24H,9H2,1-4H3/t14?,15-,16?/m1/s1. The smallest absolute Gasteiger partial charge is 0.328 e. The third-order valence-corrected chi connectivity index (χ3v) is 4.87. The molecular weight excluding hydrogens is 334 g/mol. The highest BCUT2D eigenvalue weighted by molar-refractivity contribution is 6.01. The molecule has 0 radical (unpaired) electrons. The maximum Gasteiger partial charge on any atom is 0.328 e. The number of nitrogens with one attached hydrogen (secondary N) is 1. The van der Waals surface area contributed by atoms with Gasteiger partial charge in [-0.15, -0.1) is 0 Å². The second-order valence-electron chi connectivity index (χ2n) is 7.01. The number of aliphatic imine (C=N–C) groups is 1. The molecule has 2 heterocycles. The van der Waals surface area contributed by atoms with Crippen molar-refractivity contribution in [3.8, 4) is 0 Å². The molecule has 0 aromatic heterocycles. The van der Waals surface area contributed by atoms with Crippen LogP contribution in [0.15, 0.2) is 29.3 Å². The molecule has 3 atom stereocenters. The molecule has 0 spiro atoms. The maximum absolute atomic E-state index is 12.5. The van der Waals surface area contributed by atoms with Crippen LogP contribution in [0.4, 0.5) is 10.5 Å². The molecule has 2 aliphatic rings. The van der Waals surface area contributed by atoms with E-state index in [1.54, 1.807) is 11.9 Å². The number of imide groups is 1. The first-order chi connectivity index (χ1) is 12.3. The summed E-state index contributed by atoms with van der Waals surface area (Å²) in [6.07, 6.45) is 0.0950. The van der Waals surface area contributed by atoms with Gasteiger partial charge < -0.3 is 20.2 Å². The number of β-amino-alcohol motifs (C(OH)–C–C–N with tert-alkyl or cyclic N) is 1. The van der Waals surface area contributed by atoms with E-state index in [-0.39, 0.29) is 18.5 Å². The van der Waals surface area contributed by atoms with Gasteiger partial charge in [0.2, 0.25) is 0 Å². The molecule has 1 fully saturated rings. The summed E-state index contributed by atoms with van der Waals surface area (Å²) < 4.78 is 0. The molecule has 0 saturated carbocycles. The van der Waals surface area contributed by atoms with Gasteiger partial charge in [-0.2, -0.15) is 0 Å². The minimum absolute atomic E-state index is 0.179. The van der Waals surface area contributed by atoms with Gasteiger partial charge in [-0.25, -0.2) is 9.79 Å². The summed E-state index contributed by atoms with van der Waals surface area (Å²) in [5.41, 5.74) is 1.97. The molecule has 1 aromatic rings. The largest absolute Gasteiger partial charge is 0.372 e. The topological polar surface area (TPSA) is 88.5 Å². The number of para-hydroxylation sites is 1. The van der Waals surface area contributed by atoms with Gasteiger partial charge in [-0.1, -0.05) is 32.0 Å². The highest BCUT2D eigenvalue weighted by atomic mass is 16.3. The van der Waals surface area contributed by atoms with Gasteiger partial charge in [0.15, 0.2) is 12.2 Å². The van der Waals surface area contributed by atoms with Gasteiger partial charge in [0.25, 0.3) is 5.91 Å². The highest BCUT2D eigenvalue weighted by Gasteiger charge is 2.48. The molecule has 1 aromatic carbocycles. The summed E-state index contributed by atoms with van der Waals surface area (Å²) in [4.78, 5) is 33.0. The third-order valence-electron chi connectivity index (χ3n) is 4.87. The van der Waals surface area contributed by atoms with E-state index in [9.17, 15) is 14.7 Å². The van der Waals surface area contributed by atoms with Gasteiger partial charge in [0.1, 0.15) is 6.23 Å². The number of nitrogens with zero attached hydrogens (tertiary/aromatic N) is 4. The predicted molar refractivity (Wildman–Crippen MR) is 98.9 cm³/mol. The fourth-order valence-electron chi connectivity index (χ4n) is 3.42. The van der Waals surface area contributed by atoms with Crippen molar-refractivity contribution < 1.29 is 14.7 Å². The molecule has 2 unspecified atom stereocenters. The Hall–Kier alpha value is -2.61. The lowest BCUT2D eigenvalue weighted by molar-refractivity contribution is -0.136. The van der Waals surface area contributed by atoms with Gasteiger partial charge in [0, 0.05) is 19.8 Å². The average Bonchev–Trinajstić information content (AvgIpc) is 3.02. The number of anilines is 1. The van der Waals surface area contributed by atoms with Crippen LogP contribution >= 0.6 is 0 Å². The molecule has 3 amide bonds. The van der Waals surface area contributed by atoms with Crippen molar-refractivity contribution in [2.75, 3.05) is 26.0 Å². The number of hydrogen-bond donors (Lipinski definition) is 2. The fraction of sp³-hybridized carbons (Fsp3) is 0.500. The fourth-order valence-corrected chi connectivity index (χ4v) is 3.42. The SMILES string of the molecule is CC(C)c1ccccc1NC(O)CN1C=NC2[C@@H]1C(=O)N(C)C(=O)N2C. The van der Waals surface area contributed by atoms with E-state index >= 15 is 0 Å². The first kappa shape index (κ1) is 18.2. The number of aliphatic hydroxyl groups is 1. The Morgan fingerprint density at radius 1 is 1.23 bits per heavy atom. The molecule has 8 heteroatoms. The zero-order valence-electron chi connectivity index (χ0n) is 15.5. The van der Waals surface area contributed by atoms with Gasteiger partial charge in [0.05, 0.1) is 12.9 Å². The molecule has 8 nitrogen and oxygen atoms in total. The van der Waals surface area contributed by atoms with Crippen LogP contribution in [0.2, 0.25) is 0 Å². The Kier molecular flexibility index (Phi) is 4.86. The highest BCUT2D eigenvalue weighted by Crippen LogP contribution is 2.26. The Labute approximate surface area is 153 Å². The number of carbonyl (C=O) groups excluding carboxylic acids is 2. The van der Waals surface area contributed by atoms with Crippen LogP contribution in [0.25, 0.3) is 0 Å². The average molecular weight is 359 g/mol. The van der Waals surface area contributed by atoms with Crippen molar-refractivity contribution in [1.82, 2.24) is 14.7 Å². The van der Waals surface area contributed by atoms with Crippen LogP contribution in [-0.4, -0.2) is 77.2 Å². The first-order valence-corrected chi connectivity index (χ1v) is 8.68. The Bertz CT molecular complexity index is 735. The van der Waals surface area contributed by atoms with Crippen LogP contribution in [0.1, 0.15) is 25.3 Å². The summed E-state index contributed by atoms with van der Waals surface area (Å²) in [5, 5.41) is 13.6. The van der Waals surface area contributed by atoms with Gasteiger partial charge in [-0.05, 0) is 17.5 Å². The monoisotopic (exact) mass is 359 g/mol. The number of rotatable bonds is 5. The second-order valence-corrected chi connectivity index (χ2v) is 7.01. The first-order valence-electron chi connectivity index (χ1n) is 8.68. The van der Waals surface area contributed by atoms with Crippen molar-refractivity contribution in [1.29, 1.82) is 0 Å². The molecule has 2 N–H and O–H groups in total. The summed E-state index contributed by atoms with van der Waals surface area (Å²) in [7, 11) is 3.08. The molecule has 0 aliphatic carbocycles. The van der Waals surface area contributed by atoms with Crippen molar-refractivity contribution in [3.63, 3.8) is 0 Å². The summed E-state index contributed by atoms with van der Waals surface area (Å²) in [6.45, 7) is 4.36. The van der Waals surface area contributed by atoms with E-state index in [2.05, 4.69) is 24.2 Å². The summed E-state index contributed by atoms with van der Waals surface area (Å²) >= 11 is 0. The van der Waals surface area contributed by atoms with Gasteiger partial charge >= 0.3 is 6.03 Å². The van der Waals surface area contributed by atoms with E-state index in [4.69, 9.17) is 0 Å². The number of likely N-dealkylation sites (N-methyl/N-ethyl adjacent to an activating group) is 2. The van der Waals surface area contributed by atoms with E-state index < -0.39 is 18.4 Å². The van der Waals surface area contributed by atoms with E-state index in [0.717, 1.165) is 16.2 Å². The predicted octanol–water partition coefficient (Wildman–Crippen LogP) is 1.10. The zero-order valence-corrected chi connectivity index (χ0v) is 15.5. The lowest BCUT2D eigenvalue weighted by Crippen LogP contribution is -2.64. The Morgan fingerprint density at radius 3 is 2.62 bits per heavy atom. The van der Waals surface area contributed by atoms with Crippen molar-refractivity contribution in [2.24, 2.45) is 4.99 Å². The van der Waals surface area contributed by atoms with Crippen molar-refractivity contribution >= 4 is 24.0 Å². The lowest BCUT2D eigenvalue weighted by Gasteiger charge is -2.40.